The van der Waals surface area contributed by atoms with Crippen LogP contribution in [0.15, 0.2) is 0 Å². The average molecular weight is 280 g/mol. The van der Waals surface area contributed by atoms with Gasteiger partial charge in [-0.05, 0) is 52.9 Å². The Morgan fingerprint density at radius 1 is 1.40 bits per heavy atom. The quantitative estimate of drug-likeness (QED) is 0.779. The van der Waals surface area contributed by atoms with Crippen molar-refractivity contribution in [2.45, 2.75) is 83.5 Å². The molecule has 0 aromatic heterocycles. The molecule has 1 fully saturated rings. The van der Waals surface area contributed by atoms with Gasteiger partial charge in [-0.3, -0.25) is 0 Å². The zero-order valence-corrected chi connectivity index (χ0v) is 13.2. The summed E-state index contributed by atoms with van der Waals surface area (Å²) in [6.45, 7) is 7.69. The first-order valence-electron chi connectivity index (χ1n) is 7.55. The SMILES string of the molecule is C#CC(CC)NC1CCCC(NC(=O)OC(C)(C)C)C1. The molecule has 0 heterocycles. The molecule has 0 aromatic carbocycles. The van der Waals surface area contributed by atoms with Crippen molar-refractivity contribution in [2.75, 3.05) is 0 Å². The van der Waals surface area contributed by atoms with Gasteiger partial charge in [-0.25, -0.2) is 4.79 Å². The van der Waals surface area contributed by atoms with Crippen LogP contribution in [0, 0.1) is 12.3 Å². The van der Waals surface area contributed by atoms with E-state index in [1.807, 2.05) is 20.8 Å². The molecule has 0 saturated heterocycles. The summed E-state index contributed by atoms with van der Waals surface area (Å²) in [4.78, 5) is 11.8. The molecule has 1 aliphatic carbocycles. The summed E-state index contributed by atoms with van der Waals surface area (Å²) in [5.41, 5.74) is -0.451. The predicted octanol–water partition coefficient (Wildman–Crippen LogP) is 2.82. The smallest absolute Gasteiger partial charge is 0.407 e. The monoisotopic (exact) mass is 280 g/mol. The Morgan fingerprint density at radius 3 is 2.60 bits per heavy atom. The van der Waals surface area contributed by atoms with Crippen LogP contribution in [0.1, 0.15) is 59.8 Å². The molecule has 0 bridgehead atoms. The number of rotatable bonds is 4. The van der Waals surface area contributed by atoms with E-state index < -0.39 is 5.60 Å². The van der Waals surface area contributed by atoms with Gasteiger partial charge in [0.2, 0.25) is 0 Å². The van der Waals surface area contributed by atoms with Crippen molar-refractivity contribution in [3.8, 4) is 12.3 Å². The molecule has 3 unspecified atom stereocenters. The number of terminal acetylenes is 1. The fourth-order valence-electron chi connectivity index (χ4n) is 2.51. The van der Waals surface area contributed by atoms with Crippen LogP contribution >= 0.6 is 0 Å². The lowest BCUT2D eigenvalue weighted by Gasteiger charge is -2.32. The third-order valence-electron chi connectivity index (χ3n) is 3.44. The largest absolute Gasteiger partial charge is 0.444 e. The number of hydrogen-bond acceptors (Lipinski definition) is 3. The van der Waals surface area contributed by atoms with E-state index in [-0.39, 0.29) is 18.2 Å². The summed E-state index contributed by atoms with van der Waals surface area (Å²) in [5.74, 6) is 2.76. The zero-order valence-electron chi connectivity index (χ0n) is 13.2. The van der Waals surface area contributed by atoms with Crippen LogP contribution < -0.4 is 10.6 Å². The van der Waals surface area contributed by atoms with E-state index in [0.29, 0.717) is 6.04 Å². The van der Waals surface area contributed by atoms with Gasteiger partial charge < -0.3 is 15.4 Å². The topological polar surface area (TPSA) is 50.4 Å². The van der Waals surface area contributed by atoms with E-state index >= 15 is 0 Å². The summed E-state index contributed by atoms with van der Waals surface area (Å²) in [7, 11) is 0. The van der Waals surface area contributed by atoms with E-state index in [9.17, 15) is 4.79 Å². The van der Waals surface area contributed by atoms with Crippen molar-refractivity contribution in [3.63, 3.8) is 0 Å². The third kappa shape index (κ3) is 6.29. The highest BCUT2D eigenvalue weighted by molar-refractivity contribution is 5.68. The first-order valence-corrected chi connectivity index (χ1v) is 7.55. The highest BCUT2D eigenvalue weighted by atomic mass is 16.6. The highest BCUT2D eigenvalue weighted by Crippen LogP contribution is 2.20. The summed E-state index contributed by atoms with van der Waals surface area (Å²) in [6.07, 6.45) is 10.2. The minimum absolute atomic E-state index is 0.125. The Hall–Kier alpha value is -1.21. The summed E-state index contributed by atoms with van der Waals surface area (Å²) in [6, 6.07) is 0.677. The molecule has 0 radical (unpaired) electrons. The number of carbonyl (C=O) groups excluding carboxylic acids is 1. The van der Waals surface area contributed by atoms with E-state index in [0.717, 1.165) is 32.1 Å². The number of carbonyl (C=O) groups is 1. The van der Waals surface area contributed by atoms with Crippen LogP contribution in [-0.4, -0.2) is 29.8 Å². The number of amides is 1. The molecule has 2 N–H and O–H groups in total. The molecule has 20 heavy (non-hydrogen) atoms. The van der Waals surface area contributed by atoms with Gasteiger partial charge in [-0.15, -0.1) is 6.42 Å². The van der Waals surface area contributed by atoms with Crippen molar-refractivity contribution in [1.82, 2.24) is 10.6 Å². The molecule has 0 aromatic rings. The molecule has 4 nitrogen and oxygen atoms in total. The van der Waals surface area contributed by atoms with Crippen molar-refractivity contribution < 1.29 is 9.53 Å². The molecule has 1 amide bonds. The van der Waals surface area contributed by atoms with Crippen LogP contribution in [0.3, 0.4) is 0 Å². The van der Waals surface area contributed by atoms with Crippen molar-refractivity contribution in [3.05, 3.63) is 0 Å². The summed E-state index contributed by atoms with van der Waals surface area (Å²) < 4.78 is 5.30. The lowest BCUT2D eigenvalue weighted by Crippen LogP contribution is -2.47. The van der Waals surface area contributed by atoms with Gasteiger partial charge in [-0.1, -0.05) is 12.8 Å². The minimum atomic E-state index is -0.451. The maximum atomic E-state index is 11.8. The Balaban J connectivity index is 2.41. The second-order valence-corrected chi connectivity index (χ2v) is 6.50. The van der Waals surface area contributed by atoms with Crippen LogP contribution in [-0.2, 0) is 4.74 Å². The van der Waals surface area contributed by atoms with Gasteiger partial charge in [0.1, 0.15) is 5.60 Å². The molecule has 114 valence electrons. The third-order valence-corrected chi connectivity index (χ3v) is 3.44. The van der Waals surface area contributed by atoms with Crippen LogP contribution in [0.25, 0.3) is 0 Å². The van der Waals surface area contributed by atoms with Gasteiger partial charge in [0, 0.05) is 12.1 Å². The molecular formula is C16H28N2O2. The zero-order chi connectivity index (χ0) is 15.2. The maximum Gasteiger partial charge on any atom is 0.407 e. The Morgan fingerprint density at radius 2 is 2.05 bits per heavy atom. The Labute approximate surface area is 123 Å². The van der Waals surface area contributed by atoms with E-state index in [1.165, 1.54) is 0 Å². The van der Waals surface area contributed by atoms with Crippen molar-refractivity contribution >= 4 is 6.09 Å². The molecule has 0 spiro atoms. The highest BCUT2D eigenvalue weighted by Gasteiger charge is 2.26. The lowest BCUT2D eigenvalue weighted by atomic mass is 9.90. The van der Waals surface area contributed by atoms with Crippen LogP contribution in [0.4, 0.5) is 4.79 Å². The minimum Gasteiger partial charge on any atom is -0.444 e. The summed E-state index contributed by atoms with van der Waals surface area (Å²) >= 11 is 0. The number of nitrogens with one attached hydrogen (secondary N) is 2. The maximum absolute atomic E-state index is 11.8. The normalized spacial score (nSPS) is 24.6. The Kier molecular flexibility index (Phi) is 6.35. The standard InChI is InChI=1S/C16H28N2O2/c1-6-12(7-2)17-13-9-8-10-14(11-13)18-15(19)20-16(3,4)5/h1,12-14,17H,7-11H2,2-5H3,(H,18,19). The van der Waals surface area contributed by atoms with Gasteiger partial charge in [0.05, 0.1) is 6.04 Å². The second-order valence-electron chi connectivity index (χ2n) is 6.50. The predicted molar refractivity (Wildman–Crippen MR) is 81.5 cm³/mol. The number of alkyl carbamates (subject to hydrolysis) is 1. The van der Waals surface area contributed by atoms with E-state index in [1.54, 1.807) is 0 Å². The number of ether oxygens (including phenoxy) is 1. The lowest BCUT2D eigenvalue weighted by molar-refractivity contribution is 0.0488. The first kappa shape index (κ1) is 16.8. The van der Waals surface area contributed by atoms with E-state index in [2.05, 4.69) is 23.5 Å². The molecule has 0 aliphatic heterocycles. The molecule has 3 atom stereocenters. The second kappa shape index (κ2) is 7.54. The van der Waals surface area contributed by atoms with Crippen LogP contribution in [0.2, 0.25) is 0 Å². The van der Waals surface area contributed by atoms with Gasteiger partial charge >= 0.3 is 6.09 Å². The average Bonchev–Trinajstić information content (AvgIpc) is 2.34. The molecule has 4 heteroatoms. The van der Waals surface area contributed by atoms with Crippen molar-refractivity contribution in [2.24, 2.45) is 0 Å². The van der Waals surface area contributed by atoms with Gasteiger partial charge in [-0.2, -0.15) is 0 Å². The fourth-order valence-corrected chi connectivity index (χ4v) is 2.51. The van der Waals surface area contributed by atoms with E-state index in [4.69, 9.17) is 11.2 Å². The van der Waals surface area contributed by atoms with Crippen molar-refractivity contribution in [1.29, 1.82) is 0 Å². The van der Waals surface area contributed by atoms with Gasteiger partial charge in [0.15, 0.2) is 0 Å². The van der Waals surface area contributed by atoms with Gasteiger partial charge in [0.25, 0.3) is 0 Å². The molecule has 1 aliphatic rings. The summed E-state index contributed by atoms with van der Waals surface area (Å²) in [5, 5.41) is 6.44. The Bertz CT molecular complexity index is 354. The molecular weight excluding hydrogens is 252 g/mol. The molecule has 1 rings (SSSR count). The number of hydrogen-bond donors (Lipinski definition) is 2. The first-order chi connectivity index (χ1) is 9.34. The van der Waals surface area contributed by atoms with Crippen LogP contribution in [0.5, 0.6) is 0 Å². The molecule has 1 saturated carbocycles. The fraction of sp³-hybridized carbons (Fsp3) is 0.812.